The molecular weight excluding hydrogens is 248 g/mol. The molecule has 5 heteroatoms. The number of ketones is 2. The van der Waals surface area contributed by atoms with Crippen molar-refractivity contribution in [3.63, 3.8) is 0 Å². The van der Waals surface area contributed by atoms with Gasteiger partial charge in [-0.15, -0.1) is 0 Å². The van der Waals surface area contributed by atoms with E-state index in [0.29, 0.717) is 17.9 Å². The van der Waals surface area contributed by atoms with Crippen LogP contribution in [0.15, 0.2) is 24.3 Å². The van der Waals surface area contributed by atoms with E-state index in [9.17, 15) is 14.4 Å². The fraction of sp³-hybridized carbons (Fsp3) is 0.357. The number of hydrogen-bond acceptors (Lipinski definition) is 5. The first-order valence-corrected chi connectivity index (χ1v) is 6.04. The quantitative estimate of drug-likeness (QED) is 0.325. The number of esters is 1. The van der Waals surface area contributed by atoms with Crippen LogP contribution >= 0.6 is 0 Å². The molecule has 0 saturated carbocycles. The molecule has 19 heavy (non-hydrogen) atoms. The summed E-state index contributed by atoms with van der Waals surface area (Å²) >= 11 is 0. The molecule has 0 fully saturated rings. The molecule has 0 amide bonds. The third-order valence-electron chi connectivity index (χ3n) is 2.31. The predicted molar refractivity (Wildman–Crippen MR) is 68.2 cm³/mol. The van der Waals surface area contributed by atoms with Crippen molar-refractivity contribution in [1.29, 1.82) is 0 Å². The Bertz CT molecular complexity index is 461. The van der Waals surface area contributed by atoms with Crippen molar-refractivity contribution in [2.45, 2.75) is 20.3 Å². The van der Waals surface area contributed by atoms with Crippen LogP contribution in [0, 0.1) is 0 Å². The van der Waals surface area contributed by atoms with E-state index >= 15 is 0 Å². The minimum Gasteiger partial charge on any atom is -0.494 e. The molecular formula is C14H16O5. The highest BCUT2D eigenvalue weighted by atomic mass is 16.5. The second-order valence-corrected chi connectivity index (χ2v) is 3.70. The molecule has 0 aliphatic heterocycles. The van der Waals surface area contributed by atoms with Crippen LogP contribution in [0.4, 0.5) is 0 Å². The van der Waals surface area contributed by atoms with E-state index in [1.165, 1.54) is 0 Å². The zero-order valence-electron chi connectivity index (χ0n) is 11.0. The van der Waals surface area contributed by atoms with Gasteiger partial charge in [-0.2, -0.15) is 0 Å². The maximum atomic E-state index is 11.8. The van der Waals surface area contributed by atoms with E-state index in [2.05, 4.69) is 4.74 Å². The lowest BCUT2D eigenvalue weighted by Crippen LogP contribution is -2.20. The van der Waals surface area contributed by atoms with E-state index in [-0.39, 0.29) is 6.61 Å². The van der Waals surface area contributed by atoms with Gasteiger partial charge in [0, 0.05) is 5.56 Å². The van der Waals surface area contributed by atoms with Gasteiger partial charge in [-0.1, -0.05) is 0 Å². The van der Waals surface area contributed by atoms with Gasteiger partial charge in [-0.3, -0.25) is 9.59 Å². The summed E-state index contributed by atoms with van der Waals surface area (Å²) in [4.78, 5) is 34.2. The summed E-state index contributed by atoms with van der Waals surface area (Å²) in [7, 11) is 0. The Labute approximate surface area is 111 Å². The van der Waals surface area contributed by atoms with Gasteiger partial charge in [0.25, 0.3) is 0 Å². The Hall–Kier alpha value is -2.17. The highest BCUT2D eigenvalue weighted by Gasteiger charge is 2.19. The molecule has 0 N–H and O–H groups in total. The van der Waals surface area contributed by atoms with E-state index in [1.54, 1.807) is 31.2 Å². The second kappa shape index (κ2) is 7.31. The predicted octanol–water partition coefficient (Wildman–Crippen LogP) is 1.79. The lowest BCUT2D eigenvalue weighted by Gasteiger charge is -2.04. The molecule has 0 aromatic heterocycles. The monoisotopic (exact) mass is 264 g/mol. The highest BCUT2D eigenvalue weighted by molar-refractivity contribution is 6.38. The molecule has 0 bridgehead atoms. The SMILES string of the molecule is CCOC(=O)C(=O)CC(=O)c1ccc(OCC)cc1. The Balaban J connectivity index is 2.62. The second-order valence-electron chi connectivity index (χ2n) is 3.70. The summed E-state index contributed by atoms with van der Waals surface area (Å²) in [5, 5.41) is 0. The number of carbonyl (C=O) groups is 3. The van der Waals surface area contributed by atoms with Crippen molar-refractivity contribution in [2.24, 2.45) is 0 Å². The van der Waals surface area contributed by atoms with E-state index in [4.69, 9.17) is 4.74 Å². The first kappa shape index (κ1) is 14.9. The van der Waals surface area contributed by atoms with Gasteiger partial charge in [-0.05, 0) is 38.1 Å². The number of benzene rings is 1. The Morgan fingerprint density at radius 1 is 1.00 bits per heavy atom. The molecule has 102 valence electrons. The Morgan fingerprint density at radius 2 is 1.63 bits per heavy atom. The minimum atomic E-state index is -0.971. The van der Waals surface area contributed by atoms with Crippen LogP contribution < -0.4 is 4.74 Å². The third-order valence-corrected chi connectivity index (χ3v) is 2.31. The van der Waals surface area contributed by atoms with Crippen molar-refractivity contribution in [1.82, 2.24) is 0 Å². The Morgan fingerprint density at radius 3 is 2.16 bits per heavy atom. The number of ether oxygens (including phenoxy) is 2. The molecule has 0 radical (unpaired) electrons. The molecule has 5 nitrogen and oxygen atoms in total. The van der Waals surface area contributed by atoms with Gasteiger partial charge in [0.2, 0.25) is 5.78 Å². The van der Waals surface area contributed by atoms with Crippen LogP contribution in [0.1, 0.15) is 30.6 Å². The van der Waals surface area contributed by atoms with E-state index in [1.807, 2.05) is 6.92 Å². The standard InChI is InChI=1S/C14H16O5/c1-3-18-11-7-5-10(6-8-11)12(15)9-13(16)14(17)19-4-2/h5-8H,3-4,9H2,1-2H3. The summed E-state index contributed by atoms with van der Waals surface area (Å²) in [6.45, 7) is 4.10. The third kappa shape index (κ3) is 4.54. The van der Waals surface area contributed by atoms with Crippen LogP contribution in [0.2, 0.25) is 0 Å². The number of Topliss-reactive ketones (excluding diaryl/α,β-unsaturated/α-hetero) is 2. The lowest BCUT2D eigenvalue weighted by molar-refractivity contribution is -0.153. The maximum absolute atomic E-state index is 11.8. The van der Waals surface area contributed by atoms with Gasteiger partial charge in [-0.25, -0.2) is 4.79 Å². The van der Waals surface area contributed by atoms with Gasteiger partial charge in [0.15, 0.2) is 5.78 Å². The molecule has 0 saturated heterocycles. The maximum Gasteiger partial charge on any atom is 0.375 e. The van der Waals surface area contributed by atoms with Crippen LogP contribution in [-0.4, -0.2) is 30.7 Å². The van der Waals surface area contributed by atoms with Crippen molar-refractivity contribution in [2.75, 3.05) is 13.2 Å². The Kier molecular flexibility index (Phi) is 5.73. The van der Waals surface area contributed by atoms with Gasteiger partial charge >= 0.3 is 5.97 Å². The van der Waals surface area contributed by atoms with Gasteiger partial charge < -0.3 is 9.47 Å². The fourth-order valence-electron chi connectivity index (χ4n) is 1.44. The molecule has 0 unspecified atom stereocenters. The molecule has 1 aromatic rings. The molecule has 0 atom stereocenters. The van der Waals surface area contributed by atoms with Gasteiger partial charge in [0.05, 0.1) is 19.6 Å². The molecule has 0 heterocycles. The number of hydrogen-bond donors (Lipinski definition) is 0. The highest BCUT2D eigenvalue weighted by Crippen LogP contribution is 2.13. The molecule has 0 spiro atoms. The van der Waals surface area contributed by atoms with Crippen molar-refractivity contribution in [3.8, 4) is 5.75 Å². The first-order valence-electron chi connectivity index (χ1n) is 6.04. The number of rotatable bonds is 7. The minimum absolute atomic E-state index is 0.113. The summed E-state index contributed by atoms with van der Waals surface area (Å²) < 4.78 is 9.77. The van der Waals surface area contributed by atoms with Gasteiger partial charge in [0.1, 0.15) is 5.75 Å². The summed E-state index contributed by atoms with van der Waals surface area (Å²) in [6.07, 6.45) is -0.479. The first-order chi connectivity index (χ1) is 9.08. The lowest BCUT2D eigenvalue weighted by atomic mass is 10.1. The summed E-state index contributed by atoms with van der Waals surface area (Å²) in [6, 6.07) is 6.41. The van der Waals surface area contributed by atoms with E-state index in [0.717, 1.165) is 0 Å². The summed E-state index contributed by atoms with van der Waals surface area (Å²) in [5.74, 6) is -1.57. The molecule has 1 rings (SSSR count). The zero-order valence-corrected chi connectivity index (χ0v) is 11.0. The van der Waals surface area contributed by atoms with Crippen molar-refractivity contribution in [3.05, 3.63) is 29.8 Å². The van der Waals surface area contributed by atoms with Crippen LogP contribution in [0.3, 0.4) is 0 Å². The molecule has 0 aliphatic rings. The summed E-state index contributed by atoms with van der Waals surface area (Å²) in [5.41, 5.74) is 0.362. The average molecular weight is 264 g/mol. The number of carbonyl (C=O) groups excluding carboxylic acids is 3. The fourth-order valence-corrected chi connectivity index (χ4v) is 1.44. The molecule has 1 aromatic carbocycles. The smallest absolute Gasteiger partial charge is 0.375 e. The molecule has 0 aliphatic carbocycles. The van der Waals surface area contributed by atoms with Crippen LogP contribution in [0.5, 0.6) is 5.75 Å². The normalized spacial score (nSPS) is 9.79. The topological polar surface area (TPSA) is 69.7 Å². The largest absolute Gasteiger partial charge is 0.494 e. The zero-order chi connectivity index (χ0) is 14.3. The average Bonchev–Trinajstić information content (AvgIpc) is 2.40. The van der Waals surface area contributed by atoms with Crippen LogP contribution in [-0.2, 0) is 14.3 Å². The van der Waals surface area contributed by atoms with Crippen molar-refractivity contribution < 1.29 is 23.9 Å². The van der Waals surface area contributed by atoms with Crippen LogP contribution in [0.25, 0.3) is 0 Å². The van der Waals surface area contributed by atoms with E-state index < -0.39 is 24.0 Å². The van der Waals surface area contributed by atoms with Crippen molar-refractivity contribution >= 4 is 17.5 Å².